The predicted octanol–water partition coefficient (Wildman–Crippen LogP) is 5.15. The molecule has 0 aromatic heterocycles. The zero-order chi connectivity index (χ0) is 13.0. The zero-order valence-corrected chi connectivity index (χ0v) is 12.7. The number of hydrogen-bond donors (Lipinski definition) is 1. The van der Waals surface area contributed by atoms with E-state index in [1.54, 1.807) is 0 Å². The van der Waals surface area contributed by atoms with Gasteiger partial charge in [-0.25, -0.2) is 0 Å². The lowest BCUT2D eigenvalue weighted by atomic mass is 9.93. The maximum atomic E-state index is 6.35. The highest BCUT2D eigenvalue weighted by Gasteiger charge is 2.10. The van der Waals surface area contributed by atoms with E-state index >= 15 is 0 Å². The van der Waals surface area contributed by atoms with Crippen molar-refractivity contribution in [2.45, 2.75) is 45.6 Å². The smallest absolute Gasteiger partial charge is 0.0301 e. The first-order valence-corrected chi connectivity index (χ1v) is 6.98. The van der Waals surface area contributed by atoms with Crippen molar-refractivity contribution in [1.82, 2.24) is 0 Å². The molecule has 0 saturated heterocycles. The minimum Gasteiger partial charge on any atom is -0.324 e. The van der Waals surface area contributed by atoms with Gasteiger partial charge in [-0.1, -0.05) is 62.6 Å². The Bertz CT molecular complexity index is 522. The van der Waals surface area contributed by atoms with Crippen LogP contribution in [-0.4, -0.2) is 0 Å². The molecule has 0 amide bonds. The molecule has 0 radical (unpaired) electrons. The first-order chi connectivity index (χ1) is 8.74. The van der Waals surface area contributed by atoms with Gasteiger partial charge in [-0.2, -0.15) is 0 Å². The van der Waals surface area contributed by atoms with Crippen LogP contribution < -0.4 is 5.73 Å². The maximum absolute atomic E-state index is 6.35. The molecule has 0 saturated carbocycles. The van der Waals surface area contributed by atoms with Gasteiger partial charge in [0, 0.05) is 6.04 Å². The summed E-state index contributed by atoms with van der Waals surface area (Å²) in [5, 5.41) is 2.66. The lowest BCUT2D eigenvalue weighted by Crippen LogP contribution is -2.10. The van der Waals surface area contributed by atoms with Gasteiger partial charge < -0.3 is 5.73 Å². The zero-order valence-electron chi connectivity index (χ0n) is 11.9. The van der Waals surface area contributed by atoms with Crippen LogP contribution in [0.15, 0.2) is 36.4 Å². The van der Waals surface area contributed by atoms with Crippen LogP contribution >= 0.6 is 12.4 Å². The number of aryl methyl sites for hydroxylation is 1. The summed E-state index contributed by atoms with van der Waals surface area (Å²) in [6.45, 7) is 4.39. The Morgan fingerprint density at radius 2 is 1.68 bits per heavy atom. The number of benzene rings is 2. The van der Waals surface area contributed by atoms with E-state index in [-0.39, 0.29) is 18.4 Å². The second kappa shape index (κ2) is 7.52. The Hall–Kier alpha value is -1.05. The van der Waals surface area contributed by atoms with E-state index in [1.807, 2.05) is 0 Å². The van der Waals surface area contributed by atoms with Crippen LogP contribution in [0.25, 0.3) is 10.8 Å². The summed E-state index contributed by atoms with van der Waals surface area (Å²) < 4.78 is 0. The SMILES string of the molecule is CCCCC[C@H](N)c1ccc(C)c2ccccc12.Cl. The summed E-state index contributed by atoms with van der Waals surface area (Å²) >= 11 is 0. The van der Waals surface area contributed by atoms with E-state index < -0.39 is 0 Å². The van der Waals surface area contributed by atoms with Gasteiger partial charge in [0.2, 0.25) is 0 Å². The summed E-state index contributed by atoms with van der Waals surface area (Å²) in [4.78, 5) is 0. The van der Waals surface area contributed by atoms with Crippen molar-refractivity contribution in [2.24, 2.45) is 5.73 Å². The molecule has 2 rings (SSSR count). The van der Waals surface area contributed by atoms with Crippen molar-refractivity contribution in [3.05, 3.63) is 47.5 Å². The monoisotopic (exact) mass is 277 g/mol. The fourth-order valence-electron chi connectivity index (χ4n) is 2.57. The fourth-order valence-corrected chi connectivity index (χ4v) is 2.57. The molecule has 0 spiro atoms. The van der Waals surface area contributed by atoms with Crippen molar-refractivity contribution in [1.29, 1.82) is 0 Å². The molecule has 0 aliphatic carbocycles. The molecular formula is C17H24ClN. The molecule has 0 unspecified atom stereocenters. The maximum Gasteiger partial charge on any atom is 0.0301 e. The van der Waals surface area contributed by atoms with Gasteiger partial charge in [0.15, 0.2) is 0 Å². The minimum absolute atomic E-state index is 0. The molecule has 0 aliphatic rings. The number of fused-ring (bicyclic) bond motifs is 1. The highest BCUT2D eigenvalue weighted by Crippen LogP contribution is 2.28. The van der Waals surface area contributed by atoms with Gasteiger partial charge in [0.25, 0.3) is 0 Å². The highest BCUT2D eigenvalue weighted by atomic mass is 35.5. The van der Waals surface area contributed by atoms with Crippen molar-refractivity contribution < 1.29 is 0 Å². The summed E-state index contributed by atoms with van der Waals surface area (Å²) in [6.07, 6.45) is 4.83. The van der Waals surface area contributed by atoms with Gasteiger partial charge in [0.1, 0.15) is 0 Å². The average Bonchev–Trinajstić information content (AvgIpc) is 2.39. The third-order valence-electron chi connectivity index (χ3n) is 3.69. The quantitative estimate of drug-likeness (QED) is 0.752. The Balaban J connectivity index is 0.00000180. The molecular weight excluding hydrogens is 254 g/mol. The number of nitrogens with two attached hydrogens (primary N) is 1. The molecule has 19 heavy (non-hydrogen) atoms. The van der Waals surface area contributed by atoms with Crippen molar-refractivity contribution in [3.63, 3.8) is 0 Å². The number of rotatable bonds is 5. The topological polar surface area (TPSA) is 26.0 Å². The summed E-state index contributed by atoms with van der Waals surface area (Å²) in [5.74, 6) is 0. The molecule has 2 heteroatoms. The second-order valence-corrected chi connectivity index (χ2v) is 5.12. The third-order valence-corrected chi connectivity index (χ3v) is 3.69. The van der Waals surface area contributed by atoms with E-state index in [9.17, 15) is 0 Å². The van der Waals surface area contributed by atoms with E-state index in [2.05, 4.69) is 50.2 Å². The van der Waals surface area contributed by atoms with Crippen LogP contribution in [0.3, 0.4) is 0 Å². The van der Waals surface area contributed by atoms with Crippen LogP contribution in [-0.2, 0) is 0 Å². The number of hydrogen-bond acceptors (Lipinski definition) is 1. The third kappa shape index (κ3) is 3.71. The van der Waals surface area contributed by atoms with Crippen LogP contribution in [0.4, 0.5) is 0 Å². The first-order valence-electron chi connectivity index (χ1n) is 6.98. The van der Waals surface area contributed by atoms with Gasteiger partial charge >= 0.3 is 0 Å². The number of halogens is 1. The molecule has 1 atom stereocenters. The average molecular weight is 278 g/mol. The normalized spacial score (nSPS) is 12.2. The van der Waals surface area contributed by atoms with E-state index in [1.165, 1.54) is 41.2 Å². The van der Waals surface area contributed by atoms with Crippen molar-refractivity contribution in [3.8, 4) is 0 Å². The fraction of sp³-hybridized carbons (Fsp3) is 0.412. The minimum atomic E-state index is 0. The van der Waals surface area contributed by atoms with Crippen molar-refractivity contribution in [2.75, 3.05) is 0 Å². The van der Waals surface area contributed by atoms with Gasteiger partial charge in [0.05, 0.1) is 0 Å². The Labute approximate surface area is 122 Å². The molecule has 1 nitrogen and oxygen atoms in total. The van der Waals surface area contributed by atoms with E-state index in [4.69, 9.17) is 5.73 Å². The molecule has 0 bridgehead atoms. The van der Waals surface area contributed by atoms with Crippen molar-refractivity contribution >= 4 is 23.2 Å². The van der Waals surface area contributed by atoms with Crippen LogP contribution in [0, 0.1) is 6.92 Å². The molecule has 0 heterocycles. The Morgan fingerprint density at radius 1 is 1.00 bits per heavy atom. The molecule has 0 aliphatic heterocycles. The van der Waals surface area contributed by atoms with Gasteiger partial charge in [-0.3, -0.25) is 0 Å². The standard InChI is InChI=1S/C17H23N.ClH/c1-3-4-5-10-17(18)16-12-11-13(2)14-8-6-7-9-15(14)16;/h6-9,11-12,17H,3-5,10,18H2,1-2H3;1H/t17-;/m0./s1. The molecule has 2 N–H and O–H groups in total. The molecule has 2 aromatic rings. The lowest BCUT2D eigenvalue weighted by molar-refractivity contribution is 0.584. The second-order valence-electron chi connectivity index (χ2n) is 5.12. The Morgan fingerprint density at radius 3 is 2.37 bits per heavy atom. The van der Waals surface area contributed by atoms with Gasteiger partial charge in [-0.05, 0) is 35.2 Å². The van der Waals surface area contributed by atoms with E-state index in [0.717, 1.165) is 6.42 Å². The summed E-state index contributed by atoms with van der Waals surface area (Å²) in [5.41, 5.74) is 8.98. The largest absolute Gasteiger partial charge is 0.324 e. The number of unbranched alkanes of at least 4 members (excludes halogenated alkanes) is 2. The van der Waals surface area contributed by atoms with Gasteiger partial charge in [-0.15, -0.1) is 12.4 Å². The summed E-state index contributed by atoms with van der Waals surface area (Å²) in [6, 6.07) is 13.1. The molecule has 2 aromatic carbocycles. The molecule has 0 fully saturated rings. The van der Waals surface area contributed by atoms with Crippen LogP contribution in [0.2, 0.25) is 0 Å². The van der Waals surface area contributed by atoms with E-state index in [0.29, 0.717) is 0 Å². The highest BCUT2D eigenvalue weighted by molar-refractivity contribution is 5.88. The lowest BCUT2D eigenvalue weighted by Gasteiger charge is -2.15. The Kier molecular flexibility index (Phi) is 6.33. The van der Waals surface area contributed by atoms with Crippen LogP contribution in [0.5, 0.6) is 0 Å². The predicted molar refractivity (Wildman–Crippen MR) is 87.0 cm³/mol. The summed E-state index contributed by atoms with van der Waals surface area (Å²) in [7, 11) is 0. The molecule has 104 valence electrons. The van der Waals surface area contributed by atoms with Crippen LogP contribution in [0.1, 0.15) is 49.8 Å². The first kappa shape index (κ1) is 16.0.